The van der Waals surface area contributed by atoms with Crippen molar-refractivity contribution in [2.24, 2.45) is 5.92 Å². The number of hydrogen-bond donors (Lipinski definition) is 2. The van der Waals surface area contributed by atoms with E-state index in [1.54, 1.807) is 18.3 Å². The minimum atomic E-state index is -0.525. The van der Waals surface area contributed by atoms with E-state index in [9.17, 15) is 14.0 Å². The molecule has 1 aliphatic rings. The van der Waals surface area contributed by atoms with Crippen molar-refractivity contribution in [1.82, 2.24) is 9.97 Å². The number of rotatable bonds is 7. The number of halogens is 2. The number of aromatic nitrogens is 2. The lowest BCUT2D eigenvalue weighted by atomic mass is 10.0. The summed E-state index contributed by atoms with van der Waals surface area (Å²) in [6, 6.07) is 9.38. The van der Waals surface area contributed by atoms with Crippen molar-refractivity contribution in [3.05, 3.63) is 75.2 Å². The zero-order valence-electron chi connectivity index (χ0n) is 17.3. The predicted molar refractivity (Wildman–Crippen MR) is 121 cm³/mol. The maximum Gasteiger partial charge on any atom is 0.256 e. The summed E-state index contributed by atoms with van der Waals surface area (Å²) in [7, 11) is 0. The molecule has 31 heavy (non-hydrogen) atoms. The first-order chi connectivity index (χ1) is 14.8. The maximum absolute atomic E-state index is 14.4. The van der Waals surface area contributed by atoms with Gasteiger partial charge in [0, 0.05) is 46.2 Å². The molecule has 160 valence electrons. The summed E-state index contributed by atoms with van der Waals surface area (Å²) in [5.74, 6) is -0.107. The number of hydrogen-bond acceptors (Lipinski definition) is 4. The topological polar surface area (TPSA) is 74.8 Å². The van der Waals surface area contributed by atoms with Crippen LogP contribution in [0.2, 0.25) is 5.02 Å². The number of ketones is 1. The van der Waals surface area contributed by atoms with Gasteiger partial charge in [-0.3, -0.25) is 14.6 Å². The van der Waals surface area contributed by atoms with Gasteiger partial charge in [-0.1, -0.05) is 25.4 Å². The van der Waals surface area contributed by atoms with E-state index in [0.29, 0.717) is 28.5 Å². The lowest BCUT2D eigenvalue weighted by Gasteiger charge is -2.17. The summed E-state index contributed by atoms with van der Waals surface area (Å²) in [5, 5.41) is 3.65. The van der Waals surface area contributed by atoms with E-state index in [4.69, 9.17) is 11.6 Å². The molecule has 4 rings (SSSR count). The first-order valence-electron chi connectivity index (χ1n) is 10.3. The molecule has 1 aliphatic carbocycles. The maximum atomic E-state index is 14.4. The molecule has 5 nitrogen and oxygen atoms in total. The normalized spacial score (nSPS) is 13.5. The monoisotopic (exact) mass is 439 g/mol. The molecule has 3 aromatic rings. The quantitative estimate of drug-likeness (QED) is 0.501. The fourth-order valence-electron chi connectivity index (χ4n) is 3.54. The van der Waals surface area contributed by atoms with E-state index in [1.807, 2.05) is 19.9 Å². The van der Waals surface area contributed by atoms with Crippen molar-refractivity contribution in [3.8, 4) is 11.1 Å². The highest BCUT2D eigenvalue weighted by Crippen LogP contribution is 2.32. The number of nitrogens with one attached hydrogen (secondary N) is 2. The first kappa shape index (κ1) is 21.2. The van der Waals surface area contributed by atoms with E-state index in [1.165, 1.54) is 18.2 Å². The number of benzene rings is 1. The predicted octanol–water partition coefficient (Wildman–Crippen LogP) is 5.62. The van der Waals surface area contributed by atoms with E-state index >= 15 is 0 Å². The summed E-state index contributed by atoms with van der Waals surface area (Å²) in [6.45, 7) is 3.92. The number of pyridine rings is 2. The van der Waals surface area contributed by atoms with Gasteiger partial charge >= 0.3 is 0 Å². The zero-order chi connectivity index (χ0) is 22.1. The Morgan fingerprint density at radius 3 is 2.71 bits per heavy atom. The summed E-state index contributed by atoms with van der Waals surface area (Å²) < 4.78 is 14.4. The lowest BCUT2D eigenvalue weighted by molar-refractivity contribution is -0.119. The largest absolute Gasteiger partial charge is 0.354 e. The molecule has 0 spiro atoms. The standard InChI is InChI=1S/C24H23ClFN3O2/c1-13(2)23-21(12-19(24(31)29-23)18-9-15(25)5-6-20(18)26)28-16-7-8-27-17(10-16)11-22(30)14-3-4-14/h5-10,12-14H,3-4,11H2,1-2H3,(H,27,28)(H,29,31). The molecular weight excluding hydrogens is 417 g/mol. The Hall–Kier alpha value is -2.99. The van der Waals surface area contributed by atoms with Crippen LogP contribution in [-0.2, 0) is 11.2 Å². The molecular formula is C24H23ClFN3O2. The Labute approximate surface area is 184 Å². The molecule has 2 aromatic heterocycles. The van der Waals surface area contributed by atoms with Crippen LogP contribution in [0.5, 0.6) is 0 Å². The van der Waals surface area contributed by atoms with Gasteiger partial charge in [0.25, 0.3) is 5.56 Å². The Morgan fingerprint density at radius 1 is 1.23 bits per heavy atom. The Bertz CT molecular complexity index is 1200. The number of Topliss-reactive ketones (excluding diaryl/α,β-unsaturated/α-hetero) is 1. The van der Waals surface area contributed by atoms with Gasteiger partial charge in [0.05, 0.1) is 11.3 Å². The number of H-pyrrole nitrogens is 1. The molecule has 0 atom stereocenters. The minimum absolute atomic E-state index is 0.0196. The van der Waals surface area contributed by atoms with Gasteiger partial charge in [0.2, 0.25) is 0 Å². The van der Waals surface area contributed by atoms with Crippen molar-refractivity contribution in [1.29, 1.82) is 0 Å². The minimum Gasteiger partial charge on any atom is -0.354 e. The number of anilines is 2. The van der Waals surface area contributed by atoms with Crippen molar-refractivity contribution in [2.45, 2.75) is 39.0 Å². The highest BCUT2D eigenvalue weighted by atomic mass is 35.5. The SMILES string of the molecule is CC(C)c1[nH]c(=O)c(-c2cc(Cl)ccc2F)cc1Nc1ccnc(CC(=O)C2CC2)c1. The molecule has 1 aromatic carbocycles. The summed E-state index contributed by atoms with van der Waals surface area (Å²) >= 11 is 6.03. The van der Waals surface area contributed by atoms with Crippen molar-refractivity contribution in [3.63, 3.8) is 0 Å². The van der Waals surface area contributed by atoms with Gasteiger partial charge in [-0.15, -0.1) is 0 Å². The second-order valence-electron chi connectivity index (χ2n) is 8.20. The third kappa shape index (κ3) is 4.85. The van der Waals surface area contributed by atoms with E-state index < -0.39 is 5.82 Å². The number of aromatic amines is 1. The second kappa shape index (κ2) is 8.63. The molecule has 0 bridgehead atoms. The Kier molecular flexibility index (Phi) is 5.92. The second-order valence-corrected chi connectivity index (χ2v) is 8.63. The van der Waals surface area contributed by atoms with Crippen LogP contribution in [0.25, 0.3) is 11.1 Å². The average molecular weight is 440 g/mol. The van der Waals surface area contributed by atoms with Gasteiger partial charge in [0.15, 0.2) is 0 Å². The number of carbonyl (C=O) groups excluding carboxylic acids is 1. The summed E-state index contributed by atoms with van der Waals surface area (Å²) in [6.07, 6.45) is 3.89. The molecule has 0 aliphatic heterocycles. The third-order valence-electron chi connectivity index (χ3n) is 5.35. The van der Waals surface area contributed by atoms with Gasteiger partial charge in [0.1, 0.15) is 11.6 Å². The fraction of sp³-hybridized carbons (Fsp3) is 0.292. The first-order valence-corrected chi connectivity index (χ1v) is 10.7. The summed E-state index contributed by atoms with van der Waals surface area (Å²) in [5.41, 5.74) is 2.71. The molecule has 1 saturated carbocycles. The highest BCUT2D eigenvalue weighted by Gasteiger charge is 2.29. The van der Waals surface area contributed by atoms with Crippen LogP contribution in [0.1, 0.15) is 44.0 Å². The van der Waals surface area contributed by atoms with Crippen LogP contribution in [0.15, 0.2) is 47.4 Å². The van der Waals surface area contributed by atoms with Crippen LogP contribution in [0, 0.1) is 11.7 Å². The summed E-state index contributed by atoms with van der Waals surface area (Å²) in [4.78, 5) is 32.0. The molecule has 7 heteroatoms. The fourth-order valence-corrected chi connectivity index (χ4v) is 3.72. The van der Waals surface area contributed by atoms with Crippen molar-refractivity contribution >= 4 is 28.8 Å². The van der Waals surface area contributed by atoms with Crippen LogP contribution >= 0.6 is 11.6 Å². The van der Waals surface area contributed by atoms with Gasteiger partial charge in [-0.05, 0) is 55.2 Å². The van der Waals surface area contributed by atoms with Crippen LogP contribution in [0.3, 0.4) is 0 Å². The smallest absolute Gasteiger partial charge is 0.256 e. The van der Waals surface area contributed by atoms with Crippen LogP contribution < -0.4 is 10.9 Å². The highest BCUT2D eigenvalue weighted by molar-refractivity contribution is 6.30. The molecule has 1 fully saturated rings. The zero-order valence-corrected chi connectivity index (χ0v) is 18.1. The number of carbonyl (C=O) groups is 1. The van der Waals surface area contributed by atoms with Crippen molar-refractivity contribution in [2.75, 3.05) is 5.32 Å². The van der Waals surface area contributed by atoms with Gasteiger partial charge in [-0.2, -0.15) is 0 Å². The Balaban J connectivity index is 1.71. The van der Waals surface area contributed by atoms with E-state index in [-0.39, 0.29) is 34.3 Å². The molecule has 0 saturated heterocycles. The lowest BCUT2D eigenvalue weighted by Crippen LogP contribution is -2.15. The number of nitrogens with zero attached hydrogens (tertiary/aromatic N) is 1. The molecule has 0 unspecified atom stereocenters. The third-order valence-corrected chi connectivity index (χ3v) is 5.59. The van der Waals surface area contributed by atoms with Gasteiger partial charge < -0.3 is 10.3 Å². The Morgan fingerprint density at radius 2 is 2.00 bits per heavy atom. The van der Waals surface area contributed by atoms with E-state index in [0.717, 1.165) is 18.5 Å². The van der Waals surface area contributed by atoms with Crippen LogP contribution in [-0.4, -0.2) is 15.8 Å². The molecule has 2 heterocycles. The van der Waals surface area contributed by atoms with E-state index in [2.05, 4.69) is 15.3 Å². The average Bonchev–Trinajstić information content (AvgIpc) is 3.56. The van der Waals surface area contributed by atoms with Gasteiger partial charge in [-0.25, -0.2) is 4.39 Å². The molecule has 2 N–H and O–H groups in total. The van der Waals surface area contributed by atoms with Crippen LogP contribution in [0.4, 0.5) is 15.8 Å². The molecule has 0 amide bonds. The van der Waals surface area contributed by atoms with Crippen molar-refractivity contribution < 1.29 is 9.18 Å². The molecule has 0 radical (unpaired) electrons.